The number of nitrogens with zero attached hydrogens (tertiary/aromatic N) is 1. The minimum atomic E-state index is -6.38. The van der Waals surface area contributed by atoms with Crippen molar-refractivity contribution in [3.63, 3.8) is 0 Å². The average Bonchev–Trinajstić information content (AvgIpc) is 3.40. The number of carbonyl (C=O) groups is 2. The van der Waals surface area contributed by atoms with E-state index in [9.17, 15) is 48.7 Å². The molecule has 6 nitrogen and oxygen atoms in total. The van der Waals surface area contributed by atoms with Crippen LogP contribution in [0.1, 0.15) is 49.3 Å². The lowest BCUT2D eigenvalue weighted by Gasteiger charge is -2.44. The van der Waals surface area contributed by atoms with E-state index in [2.05, 4.69) is 0 Å². The van der Waals surface area contributed by atoms with Crippen LogP contribution in [-0.2, 0) is 41.0 Å². The molecule has 1 amide bonds. The number of amides is 1. The number of benzene rings is 2. The SMILES string of the molecule is COC(=O)C1=CC[C@H](C(=O)N2CCC3(S(=O)(=O)c4cccc(F)c4)c4ccc(C(F)(C(F)(F)F)C(F)(F)F)cc4CCC23)[C@H](C)C1. The van der Waals surface area contributed by atoms with Crippen LogP contribution in [0.15, 0.2) is 59.0 Å². The zero-order chi connectivity index (χ0) is 34.0. The maximum atomic E-state index is 15.0. The molecule has 0 saturated carbocycles. The van der Waals surface area contributed by atoms with Crippen LogP contribution in [0.5, 0.6) is 0 Å². The van der Waals surface area contributed by atoms with E-state index in [-0.39, 0.29) is 61.8 Å². The Balaban J connectivity index is 1.64. The molecule has 0 N–H and O–H groups in total. The van der Waals surface area contributed by atoms with Gasteiger partial charge in [0.25, 0.3) is 0 Å². The maximum absolute atomic E-state index is 15.0. The van der Waals surface area contributed by atoms with Gasteiger partial charge in [-0.1, -0.05) is 37.3 Å². The van der Waals surface area contributed by atoms with Crippen LogP contribution in [0.3, 0.4) is 0 Å². The monoisotopic (exact) mass is 679 g/mol. The lowest BCUT2D eigenvalue weighted by Crippen LogP contribution is -2.54. The molecular weight excluding hydrogens is 650 g/mol. The molecule has 1 heterocycles. The van der Waals surface area contributed by atoms with Crippen molar-refractivity contribution in [2.75, 3.05) is 13.7 Å². The quantitative estimate of drug-likeness (QED) is 0.267. The third-order valence-electron chi connectivity index (χ3n) is 9.55. The molecule has 1 saturated heterocycles. The average molecular weight is 680 g/mol. The molecule has 0 bridgehead atoms. The second-order valence-corrected chi connectivity index (χ2v) is 14.2. The molecule has 46 heavy (non-hydrogen) atoms. The summed E-state index contributed by atoms with van der Waals surface area (Å²) >= 11 is 0. The van der Waals surface area contributed by atoms with Gasteiger partial charge in [-0.15, -0.1) is 0 Å². The van der Waals surface area contributed by atoms with Gasteiger partial charge in [-0.2, -0.15) is 26.3 Å². The largest absolute Gasteiger partial charge is 0.466 e. The van der Waals surface area contributed by atoms with Crippen molar-refractivity contribution in [1.82, 2.24) is 4.90 Å². The Morgan fingerprint density at radius 3 is 2.26 bits per heavy atom. The van der Waals surface area contributed by atoms with Crippen molar-refractivity contribution >= 4 is 21.7 Å². The minimum absolute atomic E-state index is 0.144. The summed E-state index contributed by atoms with van der Waals surface area (Å²) in [6, 6.07) is 4.27. The fourth-order valence-electron chi connectivity index (χ4n) is 7.27. The summed E-state index contributed by atoms with van der Waals surface area (Å²) in [4.78, 5) is 26.9. The van der Waals surface area contributed by atoms with Crippen molar-refractivity contribution in [3.05, 3.63) is 76.6 Å². The van der Waals surface area contributed by atoms with Crippen molar-refractivity contribution in [1.29, 1.82) is 0 Å². The van der Waals surface area contributed by atoms with Gasteiger partial charge in [0.15, 0.2) is 9.84 Å². The summed E-state index contributed by atoms with van der Waals surface area (Å²) in [6.45, 7) is 1.60. The fraction of sp³-hybridized carbons (Fsp3) is 0.484. The van der Waals surface area contributed by atoms with Gasteiger partial charge < -0.3 is 9.64 Å². The van der Waals surface area contributed by atoms with E-state index in [1.54, 1.807) is 13.0 Å². The van der Waals surface area contributed by atoms with E-state index in [0.717, 1.165) is 30.3 Å². The molecule has 0 radical (unpaired) electrons. The van der Waals surface area contributed by atoms with Gasteiger partial charge in [-0.25, -0.2) is 22.0 Å². The Bertz CT molecular complexity index is 1690. The molecule has 0 aromatic heterocycles. The van der Waals surface area contributed by atoms with Crippen LogP contribution in [0.2, 0.25) is 0 Å². The van der Waals surface area contributed by atoms with E-state index in [0.29, 0.717) is 11.6 Å². The Kier molecular flexibility index (Phi) is 8.35. The number of fused-ring (bicyclic) bond motifs is 3. The number of esters is 1. The van der Waals surface area contributed by atoms with E-state index in [4.69, 9.17) is 4.74 Å². The number of carbonyl (C=O) groups excluding carboxylic acids is 2. The number of ether oxygens (including phenoxy) is 1. The Hall–Kier alpha value is -3.49. The molecule has 2 aromatic rings. The van der Waals surface area contributed by atoms with E-state index < -0.39 is 72.7 Å². The van der Waals surface area contributed by atoms with E-state index in [1.807, 2.05) is 0 Å². The van der Waals surface area contributed by atoms with E-state index >= 15 is 4.39 Å². The summed E-state index contributed by atoms with van der Waals surface area (Å²) in [7, 11) is -3.46. The number of halogens is 8. The Morgan fingerprint density at radius 2 is 1.67 bits per heavy atom. The van der Waals surface area contributed by atoms with Crippen molar-refractivity contribution in [2.45, 2.75) is 72.7 Å². The number of rotatable bonds is 5. The molecule has 2 aliphatic carbocycles. The number of methoxy groups -OCH3 is 1. The van der Waals surface area contributed by atoms with Gasteiger partial charge >= 0.3 is 24.0 Å². The van der Waals surface area contributed by atoms with Crippen LogP contribution in [0, 0.1) is 17.7 Å². The van der Waals surface area contributed by atoms with Gasteiger partial charge in [0.1, 0.15) is 10.6 Å². The first kappa shape index (κ1) is 33.9. The fourth-order valence-corrected chi connectivity index (χ4v) is 9.67. The van der Waals surface area contributed by atoms with Crippen LogP contribution < -0.4 is 0 Å². The zero-order valence-electron chi connectivity index (χ0n) is 24.5. The van der Waals surface area contributed by atoms with Crippen LogP contribution in [-0.4, -0.2) is 57.2 Å². The van der Waals surface area contributed by atoms with Gasteiger partial charge in [0, 0.05) is 23.6 Å². The topological polar surface area (TPSA) is 80.8 Å². The van der Waals surface area contributed by atoms with Crippen LogP contribution in [0.25, 0.3) is 0 Å². The molecule has 3 aliphatic rings. The normalized spacial score (nSPS) is 25.4. The number of sulfone groups is 1. The number of aryl methyl sites for hydroxylation is 1. The second kappa shape index (κ2) is 11.3. The number of alkyl halides is 7. The minimum Gasteiger partial charge on any atom is -0.466 e. The third kappa shape index (κ3) is 5.00. The predicted molar refractivity (Wildman–Crippen MR) is 147 cm³/mol. The maximum Gasteiger partial charge on any atom is 0.435 e. The van der Waals surface area contributed by atoms with Gasteiger partial charge in [-0.05, 0) is 67.3 Å². The zero-order valence-corrected chi connectivity index (χ0v) is 25.3. The first-order valence-electron chi connectivity index (χ1n) is 14.4. The molecule has 5 rings (SSSR count). The Morgan fingerprint density at radius 1 is 1.00 bits per heavy atom. The first-order chi connectivity index (χ1) is 21.3. The summed E-state index contributed by atoms with van der Waals surface area (Å²) in [5, 5.41) is 0. The van der Waals surface area contributed by atoms with Gasteiger partial charge in [0.2, 0.25) is 5.91 Å². The number of hydrogen-bond acceptors (Lipinski definition) is 5. The van der Waals surface area contributed by atoms with E-state index in [1.165, 1.54) is 12.0 Å². The second-order valence-electron chi connectivity index (χ2n) is 12.0. The molecule has 4 atom stereocenters. The highest BCUT2D eigenvalue weighted by atomic mass is 32.2. The van der Waals surface area contributed by atoms with Gasteiger partial charge in [-0.3, -0.25) is 4.79 Å². The number of allylic oxidation sites excluding steroid dienone is 1. The Labute approximate surface area is 259 Å². The first-order valence-corrected chi connectivity index (χ1v) is 15.8. The lowest BCUT2D eigenvalue weighted by molar-refractivity contribution is -0.348. The van der Waals surface area contributed by atoms with Crippen LogP contribution in [0.4, 0.5) is 35.1 Å². The molecule has 15 heteroatoms. The third-order valence-corrected chi connectivity index (χ3v) is 12.1. The molecule has 250 valence electrons. The molecular formula is C31H29F8NO5S. The summed E-state index contributed by atoms with van der Waals surface area (Å²) in [5.74, 6) is -2.92. The summed E-state index contributed by atoms with van der Waals surface area (Å²) < 4.78 is 142. The lowest BCUT2D eigenvalue weighted by atomic mass is 9.76. The molecule has 1 aliphatic heterocycles. The molecule has 1 fully saturated rings. The molecule has 2 aromatic carbocycles. The molecule has 2 unspecified atom stereocenters. The van der Waals surface area contributed by atoms with Crippen molar-refractivity contribution in [2.24, 2.45) is 11.8 Å². The summed E-state index contributed by atoms with van der Waals surface area (Å²) in [6.07, 6.45) is -11.6. The number of likely N-dealkylation sites (tertiary alicyclic amines) is 1. The van der Waals surface area contributed by atoms with Crippen molar-refractivity contribution < 1.29 is 57.9 Å². The van der Waals surface area contributed by atoms with Crippen LogP contribution >= 0.6 is 0 Å². The standard InChI is InChI=1S/C31H29F8NO5S/c1-17-14-19(27(42)45-2)6-9-23(17)26(41)40-13-12-28(46(43,44)22-5-3-4-21(32)16-22)24-10-8-20(15-18(24)7-11-25(28)40)29(33,30(34,35)36)31(37,38)39/h3-6,8,10,15-17,23,25H,7,9,11-14H2,1-2H3/t17-,23+,25?,28?/m1/s1. The summed E-state index contributed by atoms with van der Waals surface area (Å²) in [5.41, 5.74) is -7.53. The predicted octanol–water partition coefficient (Wildman–Crippen LogP) is 6.48. The highest BCUT2D eigenvalue weighted by Gasteiger charge is 2.74. The highest BCUT2D eigenvalue weighted by Crippen LogP contribution is 2.57. The molecule has 0 spiro atoms. The van der Waals surface area contributed by atoms with Gasteiger partial charge in [0.05, 0.1) is 18.0 Å². The highest BCUT2D eigenvalue weighted by molar-refractivity contribution is 7.92. The smallest absolute Gasteiger partial charge is 0.435 e. The number of hydrogen-bond donors (Lipinski definition) is 0. The van der Waals surface area contributed by atoms with Crippen molar-refractivity contribution in [3.8, 4) is 0 Å².